The van der Waals surface area contributed by atoms with Crippen molar-refractivity contribution in [3.63, 3.8) is 0 Å². The van der Waals surface area contributed by atoms with Gasteiger partial charge in [-0.2, -0.15) is 4.68 Å². The van der Waals surface area contributed by atoms with Crippen LogP contribution in [-0.4, -0.2) is 31.9 Å². The second kappa shape index (κ2) is 6.03. The number of carbonyl (C=O) groups is 1. The van der Waals surface area contributed by atoms with Gasteiger partial charge in [-0.3, -0.25) is 4.79 Å². The Hall–Kier alpha value is -2.76. The minimum atomic E-state index is -0.0152. The molecular formula is C18H19N5O. The molecule has 0 radical (unpaired) electrons. The number of aromatic nitrogens is 4. The maximum atomic E-state index is 12.6. The van der Waals surface area contributed by atoms with E-state index >= 15 is 0 Å². The Kier molecular flexibility index (Phi) is 3.72. The van der Waals surface area contributed by atoms with Gasteiger partial charge in [0.2, 0.25) is 0 Å². The zero-order valence-electron chi connectivity index (χ0n) is 13.6. The lowest BCUT2D eigenvalue weighted by Gasteiger charge is -2.15. The molecule has 0 atom stereocenters. The summed E-state index contributed by atoms with van der Waals surface area (Å²) in [5.41, 5.74) is 3.81. The molecule has 1 N–H and O–H groups in total. The molecule has 122 valence electrons. The van der Waals surface area contributed by atoms with Gasteiger partial charge in [-0.25, -0.2) is 4.98 Å². The average molecular weight is 321 g/mol. The predicted octanol–water partition coefficient (Wildman–Crippen LogP) is 2.80. The van der Waals surface area contributed by atoms with E-state index in [0.29, 0.717) is 17.3 Å². The van der Waals surface area contributed by atoms with Gasteiger partial charge in [-0.05, 0) is 49.6 Å². The van der Waals surface area contributed by atoms with E-state index < -0.39 is 0 Å². The molecule has 4 rings (SSSR count). The molecule has 1 aliphatic carbocycles. The molecular weight excluding hydrogens is 302 g/mol. The second-order valence-corrected chi connectivity index (χ2v) is 6.25. The number of fused-ring (bicyclic) bond motifs is 1. The standard InChI is InChI=1S/C18H19N5O/c1-12-14(18(24)20-13-6-2-3-7-13)8-4-10-16(12)23-17-15(21-22-23)9-5-11-19-17/h4-5,8-11,13H,2-3,6-7H2,1H3,(H,20,24). The van der Waals surface area contributed by atoms with Crippen LogP contribution in [0.15, 0.2) is 36.5 Å². The molecule has 2 aromatic heterocycles. The monoisotopic (exact) mass is 321 g/mol. The highest BCUT2D eigenvalue weighted by Crippen LogP contribution is 2.22. The van der Waals surface area contributed by atoms with Gasteiger partial charge in [0.25, 0.3) is 5.91 Å². The number of pyridine rings is 1. The summed E-state index contributed by atoms with van der Waals surface area (Å²) in [6.45, 7) is 1.94. The van der Waals surface area contributed by atoms with Crippen molar-refractivity contribution in [2.75, 3.05) is 0 Å². The van der Waals surface area contributed by atoms with Crippen LogP contribution in [0.25, 0.3) is 16.9 Å². The van der Waals surface area contributed by atoms with Gasteiger partial charge < -0.3 is 5.32 Å². The van der Waals surface area contributed by atoms with Crippen molar-refractivity contribution in [3.8, 4) is 5.69 Å². The lowest BCUT2D eigenvalue weighted by atomic mass is 10.1. The molecule has 3 aromatic rings. The van der Waals surface area contributed by atoms with E-state index in [1.165, 1.54) is 12.8 Å². The largest absolute Gasteiger partial charge is 0.349 e. The average Bonchev–Trinajstić information content (AvgIpc) is 3.24. The minimum Gasteiger partial charge on any atom is -0.349 e. The smallest absolute Gasteiger partial charge is 0.251 e. The molecule has 0 saturated heterocycles. The zero-order valence-corrected chi connectivity index (χ0v) is 13.6. The lowest BCUT2D eigenvalue weighted by Crippen LogP contribution is -2.33. The highest BCUT2D eigenvalue weighted by molar-refractivity contribution is 5.96. The number of benzene rings is 1. The zero-order chi connectivity index (χ0) is 16.5. The van der Waals surface area contributed by atoms with Crippen molar-refractivity contribution in [2.24, 2.45) is 0 Å². The summed E-state index contributed by atoms with van der Waals surface area (Å²) >= 11 is 0. The Morgan fingerprint density at radius 2 is 2.04 bits per heavy atom. The molecule has 1 saturated carbocycles. The molecule has 0 bridgehead atoms. The first kappa shape index (κ1) is 14.8. The van der Waals surface area contributed by atoms with Crippen LogP contribution in [-0.2, 0) is 0 Å². The number of carbonyl (C=O) groups excluding carboxylic acids is 1. The van der Waals surface area contributed by atoms with Gasteiger partial charge in [-0.15, -0.1) is 5.10 Å². The molecule has 1 amide bonds. The van der Waals surface area contributed by atoms with Crippen molar-refractivity contribution < 1.29 is 4.79 Å². The Morgan fingerprint density at radius 1 is 1.21 bits per heavy atom. The van der Waals surface area contributed by atoms with Crippen molar-refractivity contribution in [1.82, 2.24) is 25.3 Å². The summed E-state index contributed by atoms with van der Waals surface area (Å²) in [5.74, 6) is -0.0152. The highest BCUT2D eigenvalue weighted by atomic mass is 16.1. The van der Waals surface area contributed by atoms with E-state index in [9.17, 15) is 4.79 Å². The van der Waals surface area contributed by atoms with Crippen molar-refractivity contribution in [3.05, 3.63) is 47.7 Å². The van der Waals surface area contributed by atoms with E-state index in [0.717, 1.165) is 29.6 Å². The molecule has 0 unspecified atom stereocenters. The first-order valence-electron chi connectivity index (χ1n) is 8.31. The predicted molar refractivity (Wildman–Crippen MR) is 91.1 cm³/mol. The van der Waals surface area contributed by atoms with Crippen LogP contribution in [0, 0.1) is 6.92 Å². The van der Waals surface area contributed by atoms with Gasteiger partial charge in [0.15, 0.2) is 5.65 Å². The van der Waals surface area contributed by atoms with Crippen molar-refractivity contribution >= 4 is 17.1 Å². The number of nitrogens with zero attached hydrogens (tertiary/aromatic N) is 4. The summed E-state index contributed by atoms with van der Waals surface area (Å²) < 4.78 is 1.69. The Balaban J connectivity index is 1.71. The summed E-state index contributed by atoms with van der Waals surface area (Å²) in [4.78, 5) is 17.0. The first-order valence-corrected chi connectivity index (χ1v) is 8.31. The Labute approximate surface area is 139 Å². The lowest BCUT2D eigenvalue weighted by molar-refractivity contribution is 0.0937. The quantitative estimate of drug-likeness (QED) is 0.805. The molecule has 6 nitrogen and oxygen atoms in total. The van der Waals surface area contributed by atoms with Crippen molar-refractivity contribution in [2.45, 2.75) is 38.6 Å². The fourth-order valence-corrected chi connectivity index (χ4v) is 3.36. The summed E-state index contributed by atoms with van der Waals surface area (Å²) in [7, 11) is 0. The molecule has 6 heteroatoms. The molecule has 0 spiro atoms. The summed E-state index contributed by atoms with van der Waals surface area (Å²) in [5, 5.41) is 11.5. The van der Waals surface area contributed by atoms with Crippen LogP contribution in [0.3, 0.4) is 0 Å². The Bertz CT molecular complexity index is 895. The third kappa shape index (κ3) is 2.54. The maximum Gasteiger partial charge on any atom is 0.251 e. The van der Waals surface area contributed by atoms with Crippen LogP contribution in [0.2, 0.25) is 0 Å². The van der Waals surface area contributed by atoms with Crippen LogP contribution >= 0.6 is 0 Å². The SMILES string of the molecule is Cc1c(C(=O)NC2CCCC2)cccc1-n1nnc2cccnc21. The summed E-state index contributed by atoms with van der Waals surface area (Å²) in [6.07, 6.45) is 6.25. The Morgan fingerprint density at radius 3 is 2.88 bits per heavy atom. The molecule has 1 fully saturated rings. The van der Waals surface area contributed by atoms with E-state index in [1.807, 2.05) is 37.3 Å². The van der Waals surface area contributed by atoms with Crippen LogP contribution in [0.1, 0.15) is 41.6 Å². The number of amides is 1. The normalized spacial score (nSPS) is 15.0. The van der Waals surface area contributed by atoms with Crippen LogP contribution in [0.4, 0.5) is 0 Å². The van der Waals surface area contributed by atoms with Crippen LogP contribution < -0.4 is 5.32 Å². The number of nitrogens with one attached hydrogen (secondary N) is 1. The van der Waals surface area contributed by atoms with E-state index in [-0.39, 0.29) is 5.91 Å². The van der Waals surface area contributed by atoms with Gasteiger partial charge >= 0.3 is 0 Å². The topological polar surface area (TPSA) is 72.7 Å². The third-order valence-electron chi connectivity index (χ3n) is 4.68. The minimum absolute atomic E-state index is 0.0152. The van der Waals surface area contributed by atoms with E-state index in [4.69, 9.17) is 0 Å². The fourth-order valence-electron chi connectivity index (χ4n) is 3.36. The van der Waals surface area contributed by atoms with Gasteiger partial charge in [-0.1, -0.05) is 24.1 Å². The van der Waals surface area contributed by atoms with Gasteiger partial charge in [0.05, 0.1) is 5.69 Å². The molecule has 2 heterocycles. The van der Waals surface area contributed by atoms with E-state index in [2.05, 4.69) is 20.6 Å². The van der Waals surface area contributed by atoms with Gasteiger partial charge in [0.1, 0.15) is 5.52 Å². The molecule has 24 heavy (non-hydrogen) atoms. The second-order valence-electron chi connectivity index (χ2n) is 6.25. The third-order valence-corrected chi connectivity index (χ3v) is 4.68. The van der Waals surface area contributed by atoms with Crippen molar-refractivity contribution in [1.29, 1.82) is 0 Å². The number of hydrogen-bond donors (Lipinski definition) is 1. The molecule has 0 aliphatic heterocycles. The molecule has 1 aliphatic rings. The summed E-state index contributed by atoms with van der Waals surface area (Å²) in [6, 6.07) is 9.68. The highest BCUT2D eigenvalue weighted by Gasteiger charge is 2.20. The number of rotatable bonds is 3. The first-order chi connectivity index (χ1) is 11.7. The molecule has 1 aromatic carbocycles. The fraction of sp³-hybridized carbons (Fsp3) is 0.333. The van der Waals surface area contributed by atoms with Crippen LogP contribution in [0.5, 0.6) is 0 Å². The van der Waals surface area contributed by atoms with E-state index in [1.54, 1.807) is 10.9 Å². The number of hydrogen-bond acceptors (Lipinski definition) is 4. The van der Waals surface area contributed by atoms with Gasteiger partial charge in [0, 0.05) is 17.8 Å². The maximum absolute atomic E-state index is 12.6.